The van der Waals surface area contributed by atoms with E-state index in [9.17, 15) is 14.4 Å². The highest BCUT2D eigenvalue weighted by Gasteiger charge is 2.41. The fraction of sp³-hybridized carbons (Fsp3) is 0.433. The third kappa shape index (κ3) is 5.73. The van der Waals surface area contributed by atoms with Gasteiger partial charge in [0, 0.05) is 54.6 Å². The first kappa shape index (κ1) is 27.4. The summed E-state index contributed by atoms with van der Waals surface area (Å²) in [6.07, 6.45) is 1.46. The van der Waals surface area contributed by atoms with Crippen LogP contribution in [0, 0.1) is 0 Å². The SMILES string of the molecule is CCOC(=O)C1=C(C)N(Cc2ccc(C(=O)N3CCC4(CC3)OCCO4)cc2)C(=O)CC1c1cccc(Cl)c1. The molecule has 0 aliphatic carbocycles. The molecule has 8 nitrogen and oxygen atoms in total. The van der Waals surface area contributed by atoms with Crippen LogP contribution in [0.25, 0.3) is 0 Å². The molecule has 3 aliphatic rings. The van der Waals surface area contributed by atoms with Gasteiger partial charge in [0.15, 0.2) is 5.79 Å². The maximum atomic E-state index is 13.3. The Balaban J connectivity index is 1.32. The highest BCUT2D eigenvalue weighted by Crippen LogP contribution is 2.38. The Morgan fingerprint density at radius 2 is 1.77 bits per heavy atom. The van der Waals surface area contributed by atoms with Crippen molar-refractivity contribution in [1.29, 1.82) is 0 Å². The Bertz CT molecular complexity index is 1270. The van der Waals surface area contributed by atoms with Crippen molar-refractivity contribution < 1.29 is 28.6 Å². The van der Waals surface area contributed by atoms with E-state index in [1.807, 2.05) is 29.2 Å². The summed E-state index contributed by atoms with van der Waals surface area (Å²) in [5.41, 5.74) is 3.27. The van der Waals surface area contributed by atoms with Crippen molar-refractivity contribution >= 4 is 29.4 Å². The number of piperidine rings is 1. The number of benzene rings is 2. The lowest BCUT2D eigenvalue weighted by atomic mass is 9.83. The minimum Gasteiger partial charge on any atom is -0.463 e. The second-order valence-corrected chi connectivity index (χ2v) is 10.5. The van der Waals surface area contributed by atoms with Crippen LogP contribution < -0.4 is 0 Å². The van der Waals surface area contributed by atoms with E-state index in [-0.39, 0.29) is 31.4 Å². The number of esters is 1. The van der Waals surface area contributed by atoms with E-state index < -0.39 is 17.7 Å². The van der Waals surface area contributed by atoms with Crippen LogP contribution in [0.3, 0.4) is 0 Å². The topological polar surface area (TPSA) is 85.4 Å². The lowest BCUT2D eigenvalue weighted by molar-refractivity contribution is -0.181. The maximum Gasteiger partial charge on any atom is 0.336 e. The number of carbonyl (C=O) groups excluding carboxylic acids is 3. The molecule has 0 aromatic heterocycles. The zero-order chi connectivity index (χ0) is 27.6. The Morgan fingerprint density at radius 1 is 1.08 bits per heavy atom. The highest BCUT2D eigenvalue weighted by atomic mass is 35.5. The zero-order valence-electron chi connectivity index (χ0n) is 22.3. The number of carbonyl (C=O) groups is 3. The Kier molecular flexibility index (Phi) is 8.07. The van der Waals surface area contributed by atoms with E-state index in [1.54, 1.807) is 43.0 Å². The van der Waals surface area contributed by atoms with E-state index in [1.165, 1.54) is 0 Å². The molecular weight excluding hydrogens is 520 g/mol. The number of ether oxygens (including phenoxy) is 3. The van der Waals surface area contributed by atoms with Gasteiger partial charge in [0.05, 0.1) is 31.9 Å². The molecule has 2 fully saturated rings. The van der Waals surface area contributed by atoms with Gasteiger partial charge in [-0.15, -0.1) is 0 Å². The first-order chi connectivity index (χ1) is 18.8. The van der Waals surface area contributed by atoms with Crippen LogP contribution in [-0.2, 0) is 30.3 Å². The highest BCUT2D eigenvalue weighted by molar-refractivity contribution is 6.30. The van der Waals surface area contributed by atoms with E-state index in [2.05, 4.69) is 0 Å². The average Bonchev–Trinajstić information content (AvgIpc) is 3.39. The lowest BCUT2D eigenvalue weighted by Crippen LogP contribution is -2.47. The maximum absolute atomic E-state index is 13.3. The summed E-state index contributed by atoms with van der Waals surface area (Å²) in [4.78, 5) is 42.9. The number of amides is 2. The fourth-order valence-electron chi connectivity index (χ4n) is 5.64. The number of allylic oxidation sites excluding steroid dienone is 1. The third-order valence-electron chi connectivity index (χ3n) is 7.74. The smallest absolute Gasteiger partial charge is 0.336 e. The van der Waals surface area contributed by atoms with E-state index in [0.29, 0.717) is 61.0 Å². The van der Waals surface area contributed by atoms with Gasteiger partial charge < -0.3 is 24.0 Å². The van der Waals surface area contributed by atoms with Gasteiger partial charge in [0.1, 0.15) is 0 Å². The molecule has 39 heavy (non-hydrogen) atoms. The molecule has 0 bridgehead atoms. The van der Waals surface area contributed by atoms with Crippen LogP contribution in [-0.4, -0.2) is 66.3 Å². The van der Waals surface area contributed by atoms with Gasteiger partial charge in [-0.05, 0) is 49.2 Å². The molecule has 3 heterocycles. The summed E-state index contributed by atoms with van der Waals surface area (Å²) in [5.74, 6) is -1.52. The minimum absolute atomic E-state index is 0.0338. The summed E-state index contributed by atoms with van der Waals surface area (Å²) in [7, 11) is 0. The molecule has 2 amide bonds. The molecule has 3 aliphatic heterocycles. The van der Waals surface area contributed by atoms with Crippen LogP contribution in [0.1, 0.15) is 60.5 Å². The van der Waals surface area contributed by atoms with Crippen LogP contribution in [0.4, 0.5) is 0 Å². The van der Waals surface area contributed by atoms with E-state index in [0.717, 1.165) is 11.1 Å². The molecular formula is C30H33ClN2O6. The average molecular weight is 553 g/mol. The minimum atomic E-state index is -0.527. The quantitative estimate of drug-likeness (QED) is 0.484. The van der Waals surface area contributed by atoms with Gasteiger partial charge in [0.2, 0.25) is 5.91 Å². The number of halogens is 1. The number of hydrogen-bond acceptors (Lipinski definition) is 6. The van der Waals surface area contributed by atoms with Gasteiger partial charge in [0.25, 0.3) is 5.91 Å². The number of nitrogens with zero attached hydrogens (tertiary/aromatic N) is 2. The normalized spacial score (nSPS) is 21.0. The summed E-state index contributed by atoms with van der Waals surface area (Å²) in [5, 5.41) is 0.544. The lowest BCUT2D eigenvalue weighted by Gasteiger charge is -2.37. The number of hydrogen-bond donors (Lipinski definition) is 0. The first-order valence-corrected chi connectivity index (χ1v) is 13.8. The molecule has 1 unspecified atom stereocenters. The van der Waals surface area contributed by atoms with E-state index in [4.69, 9.17) is 25.8 Å². The molecule has 2 saturated heterocycles. The molecule has 206 valence electrons. The van der Waals surface area contributed by atoms with Crippen LogP contribution in [0.2, 0.25) is 5.02 Å². The van der Waals surface area contributed by atoms with Crippen molar-refractivity contribution in [2.75, 3.05) is 32.9 Å². The van der Waals surface area contributed by atoms with Gasteiger partial charge >= 0.3 is 5.97 Å². The standard InChI is InChI=1S/C30H33ClN2O6/c1-3-37-29(36)27-20(2)33(26(34)18-25(27)23-5-4-6-24(31)17-23)19-21-7-9-22(10-8-21)28(35)32-13-11-30(12-14-32)38-15-16-39-30/h4-10,17,25H,3,11-16,18-19H2,1-2H3. The second-order valence-electron chi connectivity index (χ2n) is 10.1. The van der Waals surface area contributed by atoms with Crippen molar-refractivity contribution in [3.8, 4) is 0 Å². The summed E-state index contributed by atoms with van der Waals surface area (Å²) >= 11 is 6.21. The number of likely N-dealkylation sites (tertiary alicyclic amines) is 1. The van der Waals surface area contributed by atoms with Gasteiger partial charge in [-0.25, -0.2) is 4.79 Å². The Morgan fingerprint density at radius 3 is 2.41 bits per heavy atom. The summed E-state index contributed by atoms with van der Waals surface area (Å²) < 4.78 is 16.9. The molecule has 1 spiro atoms. The third-order valence-corrected chi connectivity index (χ3v) is 7.97. The molecule has 2 aromatic rings. The molecule has 2 aromatic carbocycles. The molecule has 0 N–H and O–H groups in total. The monoisotopic (exact) mass is 552 g/mol. The molecule has 9 heteroatoms. The van der Waals surface area contributed by atoms with E-state index >= 15 is 0 Å². The van der Waals surface area contributed by atoms with Gasteiger partial charge in [-0.2, -0.15) is 0 Å². The fourth-order valence-corrected chi connectivity index (χ4v) is 5.84. The molecule has 0 radical (unpaired) electrons. The zero-order valence-corrected chi connectivity index (χ0v) is 23.0. The van der Waals surface area contributed by atoms with Crippen molar-refractivity contribution in [3.05, 3.63) is 81.5 Å². The molecule has 1 atom stereocenters. The Hall–Kier alpha value is -3.20. The van der Waals surface area contributed by atoms with Crippen molar-refractivity contribution in [2.24, 2.45) is 0 Å². The predicted octanol–water partition coefficient (Wildman–Crippen LogP) is 4.67. The number of rotatable bonds is 6. The molecule has 0 saturated carbocycles. The van der Waals surface area contributed by atoms with Gasteiger partial charge in [-0.1, -0.05) is 35.9 Å². The van der Waals surface area contributed by atoms with Crippen LogP contribution >= 0.6 is 11.6 Å². The summed E-state index contributed by atoms with van der Waals surface area (Å²) in [6.45, 7) is 6.42. The largest absolute Gasteiger partial charge is 0.463 e. The first-order valence-electron chi connectivity index (χ1n) is 13.4. The Labute approximate surface area is 233 Å². The van der Waals surface area contributed by atoms with Crippen molar-refractivity contribution in [1.82, 2.24) is 9.80 Å². The predicted molar refractivity (Wildman–Crippen MR) is 145 cm³/mol. The van der Waals surface area contributed by atoms with Crippen LogP contribution in [0.5, 0.6) is 0 Å². The second kappa shape index (κ2) is 11.5. The van der Waals surface area contributed by atoms with Crippen LogP contribution in [0.15, 0.2) is 59.8 Å². The summed E-state index contributed by atoms with van der Waals surface area (Å²) in [6, 6.07) is 14.5. The van der Waals surface area contributed by atoms with Gasteiger partial charge in [-0.3, -0.25) is 9.59 Å². The molecule has 5 rings (SSSR count). The van der Waals surface area contributed by atoms with Crippen molar-refractivity contribution in [3.63, 3.8) is 0 Å². The van der Waals surface area contributed by atoms with Crippen molar-refractivity contribution in [2.45, 2.75) is 51.4 Å².